The Hall–Kier alpha value is -1.67. The van der Waals surface area contributed by atoms with Crippen molar-refractivity contribution >= 4 is 28.5 Å². The van der Waals surface area contributed by atoms with Crippen LogP contribution in [0.5, 0.6) is 0 Å². The Morgan fingerprint density at radius 2 is 1.41 bits per heavy atom. The van der Waals surface area contributed by atoms with Crippen LogP contribution in [0.15, 0.2) is 62.2 Å². The van der Waals surface area contributed by atoms with E-state index in [1.807, 2.05) is 0 Å². The zero-order chi connectivity index (χ0) is 16.1. The quantitative estimate of drug-likeness (QED) is 0.420. The molecule has 22 heavy (non-hydrogen) atoms. The summed E-state index contributed by atoms with van der Waals surface area (Å²) in [4.78, 5) is 12.4. The molecule has 2 aromatic heterocycles. The smallest absolute Gasteiger partial charge is 0.196 e. The molecule has 0 N–H and O–H groups in total. The molecule has 0 spiro atoms. The van der Waals surface area contributed by atoms with E-state index in [1.165, 1.54) is 7.94 Å². The number of ketones is 1. The van der Waals surface area contributed by atoms with Crippen molar-refractivity contribution in [2.24, 2.45) is 0 Å². The number of hydrogen-bond acceptors (Lipinski definition) is 3. The van der Waals surface area contributed by atoms with Crippen molar-refractivity contribution in [1.82, 2.24) is 7.94 Å². The van der Waals surface area contributed by atoms with E-state index in [4.69, 9.17) is 0 Å². The first-order chi connectivity index (χ1) is 10.6. The highest BCUT2D eigenvalue weighted by molar-refractivity contribution is 7.90. The van der Waals surface area contributed by atoms with Crippen LogP contribution in [0.4, 0.5) is 0 Å². The normalized spacial score (nSPS) is 13.5. The molecule has 7 heteroatoms. The molecule has 2 aromatic rings. The molecular weight excluding hydrogens is 320 g/mol. The van der Waals surface area contributed by atoms with Gasteiger partial charge in [0.05, 0.1) is 47.5 Å². The molecule has 0 aliphatic carbocycles. The minimum atomic E-state index is -1.26. The molecule has 0 amide bonds. The lowest BCUT2D eigenvalue weighted by Crippen LogP contribution is -2.14. The van der Waals surface area contributed by atoms with Crippen LogP contribution in [0.3, 0.4) is 0 Å². The maximum absolute atomic E-state index is 12.4. The van der Waals surface area contributed by atoms with Gasteiger partial charge in [0.2, 0.25) is 0 Å². The molecule has 2 atom stereocenters. The van der Waals surface area contributed by atoms with Gasteiger partial charge in [-0.05, 0) is 24.3 Å². The Morgan fingerprint density at radius 3 is 1.77 bits per heavy atom. The summed E-state index contributed by atoms with van der Waals surface area (Å²) >= 11 is -2.52. The summed E-state index contributed by atoms with van der Waals surface area (Å²) < 4.78 is 26.6. The molecule has 5 nitrogen and oxygen atoms in total. The van der Waals surface area contributed by atoms with Gasteiger partial charge >= 0.3 is 0 Å². The van der Waals surface area contributed by atoms with Crippen LogP contribution in [-0.2, 0) is 22.7 Å². The lowest BCUT2D eigenvalue weighted by Gasteiger charge is -2.07. The van der Waals surface area contributed by atoms with E-state index in [0.29, 0.717) is 22.6 Å². The van der Waals surface area contributed by atoms with E-state index >= 15 is 0 Å². The fraction of sp³-hybridized carbons (Fsp3) is 0.133. The molecule has 0 bridgehead atoms. The maximum Gasteiger partial charge on any atom is 0.196 e. The number of aromatic nitrogens is 2. The molecule has 116 valence electrons. The fourth-order valence-corrected chi connectivity index (χ4v) is 3.42. The van der Waals surface area contributed by atoms with Crippen LogP contribution >= 0.6 is 0 Å². The van der Waals surface area contributed by atoms with Crippen molar-refractivity contribution in [1.29, 1.82) is 0 Å². The summed E-state index contributed by atoms with van der Waals surface area (Å²) in [5.74, 6) is 0.432. The summed E-state index contributed by atoms with van der Waals surface area (Å²) in [6.45, 7) is 7.08. The number of carbonyl (C=O) groups excluding carboxylic acids is 1. The standard InChI is InChI=1S/C15H16N2O3S2/c1-3-9-21(19)16-7-5-13(11-16)15(18)14-6-8-17(12-14)22(20)10-4-2/h3-8,11-12H,1-2,9-10H2. The summed E-state index contributed by atoms with van der Waals surface area (Å²) in [7, 11) is 0. The van der Waals surface area contributed by atoms with E-state index in [1.54, 1.807) is 49.1 Å². The predicted molar refractivity (Wildman–Crippen MR) is 89.5 cm³/mol. The summed E-state index contributed by atoms with van der Waals surface area (Å²) in [6.07, 6.45) is 9.40. The van der Waals surface area contributed by atoms with E-state index < -0.39 is 22.7 Å². The molecule has 0 aliphatic heterocycles. The number of carbonyl (C=O) groups is 1. The molecule has 0 fully saturated rings. The number of nitrogens with zero attached hydrogens (tertiary/aromatic N) is 2. The molecule has 2 rings (SSSR count). The molecule has 2 heterocycles. The fourth-order valence-electron chi connectivity index (χ4n) is 1.82. The second-order valence-electron chi connectivity index (χ2n) is 4.40. The van der Waals surface area contributed by atoms with Crippen molar-refractivity contribution in [3.63, 3.8) is 0 Å². The lowest BCUT2D eigenvalue weighted by atomic mass is 10.1. The maximum atomic E-state index is 12.4. The zero-order valence-electron chi connectivity index (χ0n) is 11.9. The van der Waals surface area contributed by atoms with Crippen LogP contribution in [-0.4, -0.2) is 34.3 Å². The van der Waals surface area contributed by atoms with Crippen LogP contribution < -0.4 is 0 Å². The molecule has 0 saturated carbocycles. The van der Waals surface area contributed by atoms with Gasteiger partial charge in [-0.15, -0.1) is 0 Å². The molecular formula is C15H16N2O3S2. The Morgan fingerprint density at radius 1 is 1.00 bits per heavy atom. The summed E-state index contributed by atoms with van der Waals surface area (Å²) in [5.41, 5.74) is 0.870. The van der Waals surface area contributed by atoms with Crippen LogP contribution in [0.2, 0.25) is 0 Å². The van der Waals surface area contributed by atoms with Gasteiger partial charge in [-0.2, -0.15) is 7.94 Å². The van der Waals surface area contributed by atoms with E-state index in [-0.39, 0.29) is 5.78 Å². The van der Waals surface area contributed by atoms with Gasteiger partial charge in [-0.3, -0.25) is 4.79 Å². The van der Waals surface area contributed by atoms with Crippen LogP contribution in [0.1, 0.15) is 15.9 Å². The van der Waals surface area contributed by atoms with Gasteiger partial charge in [0.1, 0.15) is 11.5 Å². The van der Waals surface area contributed by atoms with Crippen LogP contribution in [0, 0.1) is 0 Å². The first-order valence-corrected chi connectivity index (χ1v) is 9.02. The molecule has 0 radical (unpaired) electrons. The van der Waals surface area contributed by atoms with Crippen molar-refractivity contribution < 1.29 is 13.9 Å². The lowest BCUT2D eigenvalue weighted by molar-refractivity contribution is 0.103. The zero-order valence-corrected chi connectivity index (χ0v) is 13.5. The monoisotopic (exact) mass is 336 g/mol. The average Bonchev–Trinajstić information content (AvgIpc) is 3.17. The van der Waals surface area contributed by atoms with Crippen molar-refractivity contribution in [2.45, 2.75) is 0 Å². The van der Waals surface area contributed by atoms with Gasteiger partial charge in [-0.25, -0.2) is 0 Å². The van der Waals surface area contributed by atoms with Gasteiger partial charge in [0.25, 0.3) is 0 Å². The largest absolute Gasteiger partial charge is 0.592 e. The molecule has 0 aromatic carbocycles. The topological polar surface area (TPSA) is 73.0 Å². The van der Waals surface area contributed by atoms with Gasteiger partial charge in [-0.1, -0.05) is 13.2 Å². The Kier molecular flexibility index (Phi) is 5.73. The predicted octanol–water partition coefficient (Wildman–Crippen LogP) is 1.92. The van der Waals surface area contributed by atoms with Crippen molar-refractivity contribution in [3.8, 4) is 0 Å². The molecule has 2 unspecified atom stereocenters. The van der Waals surface area contributed by atoms with Crippen LogP contribution in [0.25, 0.3) is 0 Å². The molecule has 0 saturated heterocycles. The number of hydrogen-bond donors (Lipinski definition) is 0. The van der Waals surface area contributed by atoms with Crippen molar-refractivity contribution in [2.75, 3.05) is 11.5 Å². The molecule has 0 aliphatic rings. The van der Waals surface area contributed by atoms with E-state index in [0.717, 1.165) is 0 Å². The summed E-state index contributed by atoms with van der Waals surface area (Å²) in [6, 6.07) is 3.22. The Bertz CT molecular complexity index is 622. The van der Waals surface area contributed by atoms with E-state index in [2.05, 4.69) is 13.2 Å². The van der Waals surface area contributed by atoms with Crippen molar-refractivity contribution in [3.05, 3.63) is 73.4 Å². The summed E-state index contributed by atoms with van der Waals surface area (Å²) in [5, 5.41) is 0. The second kappa shape index (κ2) is 7.55. The first-order valence-electron chi connectivity index (χ1n) is 6.47. The minimum absolute atomic E-state index is 0.205. The Balaban J connectivity index is 2.15. The van der Waals surface area contributed by atoms with E-state index in [9.17, 15) is 13.9 Å². The third kappa shape index (κ3) is 3.75. The third-order valence-electron chi connectivity index (χ3n) is 2.85. The highest BCUT2D eigenvalue weighted by Gasteiger charge is 2.17. The SMILES string of the molecule is C=CC[S+]([O-])n1ccc(C(=O)c2ccn([S+]([O-])CC=C)c2)c1. The third-order valence-corrected chi connectivity index (χ3v) is 5.29. The minimum Gasteiger partial charge on any atom is -0.592 e. The number of rotatable bonds is 8. The van der Waals surface area contributed by atoms with Gasteiger partial charge in [0, 0.05) is 11.1 Å². The van der Waals surface area contributed by atoms with Gasteiger partial charge in [0.15, 0.2) is 5.78 Å². The first kappa shape index (κ1) is 16.7. The Labute approximate surface area is 135 Å². The second-order valence-corrected chi connectivity index (χ2v) is 7.20. The van der Waals surface area contributed by atoms with Gasteiger partial charge < -0.3 is 9.11 Å². The highest BCUT2D eigenvalue weighted by Crippen LogP contribution is 2.14. The average molecular weight is 336 g/mol. The highest BCUT2D eigenvalue weighted by atomic mass is 32.2.